The molecule has 0 radical (unpaired) electrons. The predicted molar refractivity (Wildman–Crippen MR) is 54.3 cm³/mol. The fourth-order valence-electron chi connectivity index (χ4n) is 1.68. The van der Waals surface area contributed by atoms with Crippen LogP contribution in [0, 0.1) is 5.82 Å². The molecule has 1 aromatic carbocycles. The molecule has 0 amide bonds. The molecule has 0 unspecified atom stereocenters. The molecule has 0 spiro atoms. The molecule has 88 valence electrons. The van der Waals surface area contributed by atoms with E-state index in [0.717, 1.165) is 0 Å². The molecule has 1 saturated carbocycles. The first-order chi connectivity index (χ1) is 7.53. The molecule has 0 aliphatic heterocycles. The van der Waals surface area contributed by atoms with Crippen molar-refractivity contribution in [2.24, 2.45) is 0 Å². The van der Waals surface area contributed by atoms with E-state index in [2.05, 4.69) is 0 Å². The van der Waals surface area contributed by atoms with E-state index in [1.807, 2.05) is 0 Å². The molecular formula is C11H13FO4. The second-order valence-electron chi connectivity index (χ2n) is 3.85. The molecule has 0 saturated heterocycles. The van der Waals surface area contributed by atoms with Crippen LogP contribution < -0.4 is 9.47 Å². The lowest BCUT2D eigenvalue weighted by Crippen LogP contribution is -2.07. The summed E-state index contributed by atoms with van der Waals surface area (Å²) in [4.78, 5) is 0. The summed E-state index contributed by atoms with van der Waals surface area (Å²) in [5, 5.41) is 19.5. The van der Waals surface area contributed by atoms with Crippen LogP contribution in [-0.4, -0.2) is 24.4 Å². The average molecular weight is 228 g/mol. The summed E-state index contributed by atoms with van der Waals surface area (Å²) in [6.07, 6.45) is 1.02. The summed E-state index contributed by atoms with van der Waals surface area (Å²) >= 11 is 0. The molecule has 1 fully saturated rings. The number of phenols is 1. The molecule has 0 atom stereocenters. The second kappa shape index (κ2) is 3.52. The summed E-state index contributed by atoms with van der Waals surface area (Å²) in [6.45, 7) is 0. The Morgan fingerprint density at radius 2 is 1.94 bits per heavy atom. The Kier molecular flexibility index (Phi) is 2.42. The molecule has 1 aliphatic rings. The number of halogens is 1. The van der Waals surface area contributed by atoms with Gasteiger partial charge in [-0.05, 0) is 18.9 Å². The Hall–Kier alpha value is -1.49. The van der Waals surface area contributed by atoms with Crippen molar-refractivity contribution in [3.8, 4) is 17.2 Å². The van der Waals surface area contributed by atoms with E-state index in [0.29, 0.717) is 12.8 Å². The van der Waals surface area contributed by atoms with Crippen LogP contribution >= 0.6 is 0 Å². The zero-order chi connectivity index (χ0) is 11.9. The van der Waals surface area contributed by atoms with Crippen molar-refractivity contribution in [2.45, 2.75) is 18.4 Å². The van der Waals surface area contributed by atoms with E-state index < -0.39 is 17.2 Å². The maximum absolute atomic E-state index is 13.7. The van der Waals surface area contributed by atoms with Crippen LogP contribution in [0.2, 0.25) is 0 Å². The van der Waals surface area contributed by atoms with Crippen molar-refractivity contribution >= 4 is 0 Å². The summed E-state index contributed by atoms with van der Waals surface area (Å²) in [5.74, 6) is -1.48. The van der Waals surface area contributed by atoms with Gasteiger partial charge < -0.3 is 19.7 Å². The molecule has 2 rings (SSSR count). The standard InChI is InChI=1S/C11H13FO4/c1-15-7-5-6(11(14)3-4-11)9(13)8(12)10(7)16-2/h5,13-14H,3-4H2,1-2H3. The molecule has 0 heterocycles. The van der Waals surface area contributed by atoms with E-state index in [-0.39, 0.29) is 17.1 Å². The van der Waals surface area contributed by atoms with Gasteiger partial charge in [0.25, 0.3) is 0 Å². The van der Waals surface area contributed by atoms with Crippen LogP contribution in [0.4, 0.5) is 4.39 Å². The zero-order valence-corrected chi connectivity index (χ0v) is 9.08. The SMILES string of the molecule is COc1cc(C2(O)CC2)c(O)c(F)c1OC. The number of phenolic OH excluding ortho intramolecular Hbond substituents is 1. The zero-order valence-electron chi connectivity index (χ0n) is 9.08. The van der Waals surface area contributed by atoms with Gasteiger partial charge in [0.05, 0.1) is 19.8 Å². The Morgan fingerprint density at radius 1 is 1.31 bits per heavy atom. The van der Waals surface area contributed by atoms with Gasteiger partial charge in [-0.25, -0.2) is 0 Å². The van der Waals surface area contributed by atoms with Crippen LogP contribution in [0.15, 0.2) is 6.07 Å². The summed E-state index contributed by atoms with van der Waals surface area (Å²) in [6, 6.07) is 1.41. The molecule has 0 bridgehead atoms. The lowest BCUT2D eigenvalue weighted by atomic mass is 10.1. The van der Waals surface area contributed by atoms with Gasteiger partial charge in [0.15, 0.2) is 11.5 Å². The Morgan fingerprint density at radius 3 is 2.38 bits per heavy atom. The van der Waals surface area contributed by atoms with Gasteiger partial charge >= 0.3 is 0 Å². The fraction of sp³-hybridized carbons (Fsp3) is 0.455. The number of ether oxygens (including phenoxy) is 2. The van der Waals surface area contributed by atoms with E-state index in [1.165, 1.54) is 20.3 Å². The average Bonchev–Trinajstić information content (AvgIpc) is 3.01. The maximum atomic E-state index is 13.7. The molecule has 16 heavy (non-hydrogen) atoms. The minimum absolute atomic E-state index is 0.155. The molecule has 5 heteroatoms. The third kappa shape index (κ3) is 1.48. The quantitative estimate of drug-likeness (QED) is 0.823. The highest BCUT2D eigenvalue weighted by Crippen LogP contribution is 2.52. The Balaban J connectivity index is 2.60. The van der Waals surface area contributed by atoms with Gasteiger partial charge in [-0.1, -0.05) is 0 Å². The van der Waals surface area contributed by atoms with Crippen LogP contribution in [0.1, 0.15) is 18.4 Å². The van der Waals surface area contributed by atoms with Crippen LogP contribution in [0.3, 0.4) is 0 Å². The highest BCUT2D eigenvalue weighted by Gasteiger charge is 2.45. The van der Waals surface area contributed by atoms with Crippen LogP contribution in [-0.2, 0) is 5.60 Å². The van der Waals surface area contributed by atoms with Gasteiger partial charge in [0.1, 0.15) is 0 Å². The van der Waals surface area contributed by atoms with Crippen molar-refractivity contribution in [1.29, 1.82) is 0 Å². The van der Waals surface area contributed by atoms with Gasteiger partial charge in [0, 0.05) is 5.56 Å². The van der Waals surface area contributed by atoms with Gasteiger partial charge in [-0.2, -0.15) is 4.39 Å². The third-order valence-electron chi connectivity index (χ3n) is 2.81. The largest absolute Gasteiger partial charge is 0.504 e. The summed E-state index contributed by atoms with van der Waals surface area (Å²) < 4.78 is 23.4. The summed E-state index contributed by atoms with van der Waals surface area (Å²) in [5.41, 5.74) is -0.965. The first-order valence-corrected chi connectivity index (χ1v) is 4.90. The number of benzene rings is 1. The van der Waals surface area contributed by atoms with E-state index >= 15 is 0 Å². The Labute approximate surface area is 92.2 Å². The first kappa shape index (κ1) is 11.0. The number of hydrogen-bond donors (Lipinski definition) is 2. The van der Waals surface area contributed by atoms with Crippen molar-refractivity contribution in [2.75, 3.05) is 14.2 Å². The number of hydrogen-bond acceptors (Lipinski definition) is 4. The lowest BCUT2D eigenvalue weighted by molar-refractivity contribution is 0.146. The monoisotopic (exact) mass is 228 g/mol. The predicted octanol–water partition coefficient (Wildman–Crippen LogP) is 1.53. The van der Waals surface area contributed by atoms with Crippen molar-refractivity contribution < 1.29 is 24.1 Å². The second-order valence-corrected chi connectivity index (χ2v) is 3.85. The molecule has 2 N–H and O–H groups in total. The minimum Gasteiger partial charge on any atom is -0.504 e. The number of rotatable bonds is 3. The smallest absolute Gasteiger partial charge is 0.210 e. The minimum atomic E-state index is -1.12. The molecular weight excluding hydrogens is 215 g/mol. The van der Waals surface area contributed by atoms with Gasteiger partial charge in [0.2, 0.25) is 11.6 Å². The van der Waals surface area contributed by atoms with Crippen LogP contribution in [0.25, 0.3) is 0 Å². The fourth-order valence-corrected chi connectivity index (χ4v) is 1.68. The molecule has 4 nitrogen and oxygen atoms in total. The molecule has 0 aromatic heterocycles. The van der Waals surface area contributed by atoms with E-state index in [4.69, 9.17) is 9.47 Å². The topological polar surface area (TPSA) is 58.9 Å². The van der Waals surface area contributed by atoms with Crippen molar-refractivity contribution in [1.82, 2.24) is 0 Å². The third-order valence-corrected chi connectivity index (χ3v) is 2.81. The van der Waals surface area contributed by atoms with Gasteiger partial charge in [-0.15, -0.1) is 0 Å². The van der Waals surface area contributed by atoms with E-state index in [9.17, 15) is 14.6 Å². The number of aromatic hydroxyl groups is 1. The van der Waals surface area contributed by atoms with E-state index in [1.54, 1.807) is 0 Å². The van der Waals surface area contributed by atoms with Crippen molar-refractivity contribution in [3.63, 3.8) is 0 Å². The maximum Gasteiger partial charge on any atom is 0.210 e. The van der Waals surface area contributed by atoms with Crippen molar-refractivity contribution in [3.05, 3.63) is 17.4 Å². The Bertz CT molecular complexity index is 426. The lowest BCUT2D eigenvalue weighted by Gasteiger charge is -2.16. The number of methoxy groups -OCH3 is 2. The number of aliphatic hydroxyl groups is 1. The molecule has 1 aromatic rings. The normalized spacial score (nSPS) is 17.0. The highest BCUT2D eigenvalue weighted by atomic mass is 19.1. The highest BCUT2D eigenvalue weighted by molar-refractivity contribution is 5.54. The summed E-state index contributed by atoms with van der Waals surface area (Å²) in [7, 11) is 2.65. The first-order valence-electron chi connectivity index (χ1n) is 4.90. The molecule has 1 aliphatic carbocycles. The van der Waals surface area contributed by atoms with Gasteiger partial charge in [-0.3, -0.25) is 0 Å². The van der Waals surface area contributed by atoms with Crippen LogP contribution in [0.5, 0.6) is 17.2 Å².